The Balaban J connectivity index is 2.53. The summed E-state index contributed by atoms with van der Waals surface area (Å²) in [4.78, 5) is 15.8. The molecule has 0 aromatic carbocycles. The molecule has 0 aliphatic rings. The first-order valence-electron chi connectivity index (χ1n) is 5.37. The Morgan fingerprint density at radius 1 is 1.47 bits per heavy atom. The number of ether oxygens (including phenoxy) is 1. The van der Waals surface area contributed by atoms with Gasteiger partial charge in [0.1, 0.15) is 9.30 Å². The first-order chi connectivity index (χ1) is 7.78. The maximum atomic E-state index is 11.5. The molecule has 1 amide bonds. The van der Waals surface area contributed by atoms with Crippen molar-refractivity contribution < 1.29 is 9.53 Å². The van der Waals surface area contributed by atoms with Crippen molar-refractivity contribution in [3.63, 3.8) is 0 Å². The van der Waals surface area contributed by atoms with E-state index in [0.29, 0.717) is 6.54 Å². The number of aromatic nitrogens is 1. The maximum Gasteiger partial charge on any atom is 0.407 e. The number of carbonyl (C=O) groups is 1. The van der Waals surface area contributed by atoms with Crippen molar-refractivity contribution in [2.75, 3.05) is 0 Å². The third-order valence-electron chi connectivity index (χ3n) is 1.98. The molecular weight excluding hydrogens is 331 g/mol. The number of hydrogen-bond donors (Lipinski definition) is 1. The van der Waals surface area contributed by atoms with E-state index in [1.54, 1.807) is 0 Å². The van der Waals surface area contributed by atoms with E-state index in [2.05, 4.69) is 32.9 Å². The zero-order chi connectivity index (χ0) is 13.1. The maximum absolute atomic E-state index is 11.5. The summed E-state index contributed by atoms with van der Waals surface area (Å²) in [6.45, 7) is 7.87. The topological polar surface area (TPSA) is 51.2 Å². The van der Waals surface area contributed by atoms with Crippen LogP contribution in [0, 0.1) is 10.6 Å². The summed E-state index contributed by atoms with van der Waals surface area (Å²) in [6, 6.07) is 3.88. The smallest absolute Gasteiger partial charge is 0.407 e. The van der Waals surface area contributed by atoms with E-state index < -0.39 is 11.7 Å². The largest absolute Gasteiger partial charge is 0.444 e. The van der Waals surface area contributed by atoms with E-state index in [9.17, 15) is 4.79 Å². The van der Waals surface area contributed by atoms with Crippen LogP contribution in [-0.4, -0.2) is 16.7 Å². The molecule has 0 atom stereocenters. The van der Waals surface area contributed by atoms with Crippen LogP contribution in [-0.2, 0) is 11.3 Å². The molecule has 0 aliphatic heterocycles. The molecule has 94 valence electrons. The minimum absolute atomic E-state index is 0.407. The molecule has 0 radical (unpaired) electrons. The minimum atomic E-state index is -0.469. The molecule has 1 N–H and O–H groups in total. The molecule has 0 aliphatic carbocycles. The van der Waals surface area contributed by atoms with Crippen LogP contribution in [0.4, 0.5) is 4.79 Å². The van der Waals surface area contributed by atoms with Crippen LogP contribution in [0.1, 0.15) is 32.0 Å². The Kier molecular flexibility index (Phi) is 4.73. The van der Waals surface area contributed by atoms with Gasteiger partial charge in [0.15, 0.2) is 0 Å². The van der Waals surface area contributed by atoms with Crippen LogP contribution >= 0.6 is 22.6 Å². The van der Waals surface area contributed by atoms with E-state index in [4.69, 9.17) is 4.74 Å². The second-order valence-corrected chi connectivity index (χ2v) is 5.84. The molecule has 0 unspecified atom stereocenters. The number of rotatable bonds is 2. The number of halogens is 1. The van der Waals surface area contributed by atoms with Gasteiger partial charge in [-0.1, -0.05) is 6.07 Å². The average Bonchev–Trinajstić information content (AvgIpc) is 2.13. The van der Waals surface area contributed by atoms with Crippen molar-refractivity contribution >= 4 is 28.7 Å². The first kappa shape index (κ1) is 14.2. The van der Waals surface area contributed by atoms with Gasteiger partial charge in [0, 0.05) is 12.2 Å². The standard InChI is InChI=1S/C12H17IN2O2/c1-8-9(5-6-10(13)15-8)7-14-11(16)17-12(2,3)4/h5-6H,7H2,1-4H3,(H,14,16). The quantitative estimate of drug-likeness (QED) is 0.660. The van der Waals surface area contributed by atoms with Crippen LogP contribution in [0.5, 0.6) is 0 Å². The number of nitrogens with zero attached hydrogens (tertiary/aromatic N) is 1. The van der Waals surface area contributed by atoms with Crippen LogP contribution in [0.15, 0.2) is 12.1 Å². The summed E-state index contributed by atoms with van der Waals surface area (Å²) in [5.74, 6) is 0. The Morgan fingerprint density at radius 3 is 2.65 bits per heavy atom. The molecule has 0 fully saturated rings. The molecular formula is C12H17IN2O2. The highest BCUT2D eigenvalue weighted by atomic mass is 127. The van der Waals surface area contributed by atoms with Gasteiger partial charge in [-0.05, 0) is 61.9 Å². The summed E-state index contributed by atoms with van der Waals surface area (Å²) < 4.78 is 6.10. The van der Waals surface area contributed by atoms with Gasteiger partial charge in [0.05, 0.1) is 0 Å². The molecule has 4 nitrogen and oxygen atoms in total. The Labute approximate surface area is 115 Å². The summed E-state index contributed by atoms with van der Waals surface area (Å²) in [5, 5.41) is 2.71. The second-order valence-electron chi connectivity index (χ2n) is 4.73. The summed E-state index contributed by atoms with van der Waals surface area (Å²) in [6.07, 6.45) is -0.407. The highest BCUT2D eigenvalue weighted by Gasteiger charge is 2.15. The molecule has 1 rings (SSSR count). The van der Waals surface area contributed by atoms with Gasteiger partial charge < -0.3 is 10.1 Å². The van der Waals surface area contributed by atoms with Gasteiger partial charge in [-0.25, -0.2) is 9.78 Å². The fourth-order valence-electron chi connectivity index (χ4n) is 1.23. The average molecular weight is 348 g/mol. The van der Waals surface area contributed by atoms with Gasteiger partial charge in [-0.3, -0.25) is 0 Å². The molecule has 17 heavy (non-hydrogen) atoms. The molecule has 5 heteroatoms. The Morgan fingerprint density at radius 2 is 2.12 bits per heavy atom. The fraction of sp³-hybridized carbons (Fsp3) is 0.500. The fourth-order valence-corrected chi connectivity index (χ4v) is 1.77. The molecule has 0 saturated carbocycles. The van der Waals surface area contributed by atoms with E-state index in [0.717, 1.165) is 15.0 Å². The minimum Gasteiger partial charge on any atom is -0.444 e. The van der Waals surface area contributed by atoms with Gasteiger partial charge in [0.25, 0.3) is 0 Å². The van der Waals surface area contributed by atoms with Crippen molar-refractivity contribution in [2.45, 2.75) is 39.8 Å². The van der Waals surface area contributed by atoms with Crippen LogP contribution in [0.25, 0.3) is 0 Å². The Hall–Kier alpha value is -0.850. The number of alkyl carbamates (subject to hydrolysis) is 1. The second kappa shape index (κ2) is 5.66. The van der Waals surface area contributed by atoms with Gasteiger partial charge >= 0.3 is 6.09 Å². The van der Waals surface area contributed by atoms with Crippen molar-refractivity contribution in [1.29, 1.82) is 0 Å². The predicted molar refractivity (Wildman–Crippen MR) is 74.8 cm³/mol. The SMILES string of the molecule is Cc1nc(I)ccc1CNC(=O)OC(C)(C)C. The zero-order valence-corrected chi connectivity index (χ0v) is 12.7. The lowest BCUT2D eigenvalue weighted by molar-refractivity contribution is 0.0523. The molecule has 0 bridgehead atoms. The van der Waals surface area contributed by atoms with Crippen LogP contribution < -0.4 is 5.32 Å². The zero-order valence-electron chi connectivity index (χ0n) is 10.5. The van der Waals surface area contributed by atoms with Crippen LogP contribution in [0.3, 0.4) is 0 Å². The number of amides is 1. The Bertz CT molecular complexity index is 413. The van der Waals surface area contributed by atoms with Crippen molar-refractivity contribution in [3.8, 4) is 0 Å². The van der Waals surface area contributed by atoms with Gasteiger partial charge in [0.2, 0.25) is 0 Å². The molecule has 0 saturated heterocycles. The van der Waals surface area contributed by atoms with Crippen molar-refractivity contribution in [2.24, 2.45) is 0 Å². The third-order valence-corrected chi connectivity index (χ3v) is 2.58. The van der Waals surface area contributed by atoms with Crippen molar-refractivity contribution in [3.05, 3.63) is 27.1 Å². The first-order valence-corrected chi connectivity index (χ1v) is 6.45. The lowest BCUT2D eigenvalue weighted by atomic mass is 10.2. The number of nitrogens with one attached hydrogen (secondary N) is 1. The van der Waals surface area contributed by atoms with Crippen molar-refractivity contribution in [1.82, 2.24) is 10.3 Å². The number of pyridine rings is 1. The highest BCUT2D eigenvalue weighted by Crippen LogP contribution is 2.10. The summed E-state index contributed by atoms with van der Waals surface area (Å²) in [7, 11) is 0. The van der Waals surface area contributed by atoms with E-state index in [1.807, 2.05) is 39.8 Å². The van der Waals surface area contributed by atoms with Gasteiger partial charge in [-0.2, -0.15) is 0 Å². The third kappa shape index (κ3) is 5.34. The lowest BCUT2D eigenvalue weighted by Gasteiger charge is -2.19. The van der Waals surface area contributed by atoms with Gasteiger partial charge in [-0.15, -0.1) is 0 Å². The lowest BCUT2D eigenvalue weighted by Crippen LogP contribution is -2.32. The molecule has 0 spiro atoms. The number of carbonyl (C=O) groups excluding carboxylic acids is 1. The summed E-state index contributed by atoms with van der Waals surface area (Å²) >= 11 is 2.16. The highest BCUT2D eigenvalue weighted by molar-refractivity contribution is 14.1. The number of hydrogen-bond acceptors (Lipinski definition) is 3. The molecule has 1 aromatic rings. The molecule has 1 heterocycles. The molecule has 1 aromatic heterocycles. The van der Waals surface area contributed by atoms with Crippen LogP contribution in [0.2, 0.25) is 0 Å². The normalized spacial score (nSPS) is 11.1. The van der Waals surface area contributed by atoms with E-state index >= 15 is 0 Å². The van der Waals surface area contributed by atoms with E-state index in [-0.39, 0.29) is 0 Å². The monoisotopic (exact) mass is 348 g/mol. The summed E-state index contributed by atoms with van der Waals surface area (Å²) in [5.41, 5.74) is 1.45. The number of aryl methyl sites for hydroxylation is 1. The van der Waals surface area contributed by atoms with E-state index in [1.165, 1.54) is 0 Å². The predicted octanol–water partition coefficient (Wildman–Crippen LogP) is 3.02.